The summed E-state index contributed by atoms with van der Waals surface area (Å²) in [5, 5.41) is 12.0. The number of aliphatic carboxylic acids is 1. The molecule has 1 aromatic heterocycles. The molecule has 0 fully saturated rings. The molecule has 0 radical (unpaired) electrons. The summed E-state index contributed by atoms with van der Waals surface area (Å²) in [7, 11) is 0. The molecule has 0 aliphatic heterocycles. The van der Waals surface area contributed by atoms with E-state index in [4.69, 9.17) is 9.52 Å². The lowest BCUT2D eigenvalue weighted by atomic mass is 10.0. The molecule has 0 spiro atoms. The molecule has 2 rings (SSSR count). The van der Waals surface area contributed by atoms with E-state index < -0.39 is 5.97 Å². The smallest absolute Gasteiger partial charge is 0.307 e. The SMILES string of the molecule is Cc1cnc(CNCc2ccccc2CC(=O)O)o1. The number of nitrogens with one attached hydrogen (secondary N) is 1. The summed E-state index contributed by atoms with van der Waals surface area (Å²) in [6.45, 7) is 2.96. The summed E-state index contributed by atoms with van der Waals surface area (Å²) in [6.07, 6.45) is 1.71. The fourth-order valence-corrected chi connectivity index (χ4v) is 1.85. The topological polar surface area (TPSA) is 75.4 Å². The van der Waals surface area contributed by atoms with Gasteiger partial charge in [-0.05, 0) is 18.1 Å². The third-order valence-electron chi connectivity index (χ3n) is 2.72. The Bertz CT molecular complexity index is 563. The maximum absolute atomic E-state index is 10.8. The van der Waals surface area contributed by atoms with Gasteiger partial charge in [0.05, 0.1) is 19.2 Å². The van der Waals surface area contributed by atoms with Crippen LogP contribution < -0.4 is 5.32 Å². The van der Waals surface area contributed by atoms with Crippen molar-refractivity contribution in [3.8, 4) is 0 Å². The number of hydrogen-bond donors (Lipinski definition) is 2. The quantitative estimate of drug-likeness (QED) is 0.829. The van der Waals surface area contributed by atoms with E-state index >= 15 is 0 Å². The van der Waals surface area contributed by atoms with Crippen LogP contribution in [-0.4, -0.2) is 16.1 Å². The number of aryl methyl sites for hydroxylation is 1. The van der Waals surface area contributed by atoms with Crippen molar-refractivity contribution in [3.05, 3.63) is 53.2 Å². The lowest BCUT2D eigenvalue weighted by Gasteiger charge is -2.08. The highest BCUT2D eigenvalue weighted by atomic mass is 16.4. The average Bonchev–Trinajstić information content (AvgIpc) is 2.77. The summed E-state index contributed by atoms with van der Waals surface area (Å²) >= 11 is 0. The molecule has 100 valence electrons. The summed E-state index contributed by atoms with van der Waals surface area (Å²) in [5.74, 6) is 0.590. The number of oxazole rings is 1. The molecule has 19 heavy (non-hydrogen) atoms. The van der Waals surface area contributed by atoms with E-state index in [2.05, 4.69) is 10.3 Å². The van der Waals surface area contributed by atoms with Crippen molar-refractivity contribution < 1.29 is 14.3 Å². The number of aromatic nitrogens is 1. The second kappa shape index (κ2) is 6.15. The molecule has 5 heteroatoms. The molecular formula is C14H16N2O3. The molecule has 0 saturated heterocycles. The lowest BCUT2D eigenvalue weighted by Crippen LogP contribution is -2.15. The van der Waals surface area contributed by atoms with Crippen LogP contribution in [0.15, 0.2) is 34.9 Å². The molecule has 2 aromatic rings. The Balaban J connectivity index is 1.93. The number of rotatable bonds is 6. The first-order valence-electron chi connectivity index (χ1n) is 6.06. The molecule has 0 aliphatic rings. The van der Waals surface area contributed by atoms with E-state index in [-0.39, 0.29) is 6.42 Å². The molecule has 0 aliphatic carbocycles. The van der Waals surface area contributed by atoms with Gasteiger partial charge in [0, 0.05) is 6.54 Å². The Morgan fingerprint density at radius 3 is 2.68 bits per heavy atom. The number of carbonyl (C=O) groups is 1. The Hall–Kier alpha value is -2.14. The zero-order chi connectivity index (χ0) is 13.7. The highest BCUT2D eigenvalue weighted by Gasteiger charge is 2.06. The minimum Gasteiger partial charge on any atom is -0.481 e. The van der Waals surface area contributed by atoms with E-state index in [9.17, 15) is 4.79 Å². The van der Waals surface area contributed by atoms with Gasteiger partial charge in [-0.25, -0.2) is 4.98 Å². The molecule has 5 nitrogen and oxygen atoms in total. The molecule has 2 N–H and O–H groups in total. The number of nitrogens with zero attached hydrogens (tertiary/aromatic N) is 1. The molecule has 0 atom stereocenters. The summed E-state index contributed by atoms with van der Waals surface area (Å²) in [4.78, 5) is 14.9. The first-order chi connectivity index (χ1) is 9.15. The fraction of sp³-hybridized carbons (Fsp3) is 0.286. The van der Waals surface area contributed by atoms with Gasteiger partial charge in [-0.1, -0.05) is 24.3 Å². The number of benzene rings is 1. The number of carboxylic acids is 1. The Morgan fingerprint density at radius 2 is 2.05 bits per heavy atom. The monoisotopic (exact) mass is 260 g/mol. The van der Waals surface area contributed by atoms with Gasteiger partial charge < -0.3 is 14.8 Å². The molecule has 0 unspecified atom stereocenters. The predicted octanol–water partition coefficient (Wildman–Crippen LogP) is 1.90. The Kier molecular flexibility index (Phi) is 4.30. The summed E-state index contributed by atoms with van der Waals surface area (Å²) in [6, 6.07) is 7.50. The van der Waals surface area contributed by atoms with Crippen LogP contribution in [0.4, 0.5) is 0 Å². The van der Waals surface area contributed by atoms with Crippen LogP contribution in [0, 0.1) is 6.92 Å². The number of hydrogen-bond acceptors (Lipinski definition) is 4. The van der Waals surface area contributed by atoms with Crippen LogP contribution in [0.2, 0.25) is 0 Å². The molecular weight excluding hydrogens is 244 g/mol. The van der Waals surface area contributed by atoms with Gasteiger partial charge in [0.2, 0.25) is 5.89 Å². The van der Waals surface area contributed by atoms with E-state index in [1.54, 1.807) is 6.20 Å². The Labute approximate surface area is 111 Å². The third kappa shape index (κ3) is 3.93. The van der Waals surface area contributed by atoms with Gasteiger partial charge in [-0.15, -0.1) is 0 Å². The largest absolute Gasteiger partial charge is 0.481 e. The van der Waals surface area contributed by atoms with Gasteiger partial charge in [-0.2, -0.15) is 0 Å². The van der Waals surface area contributed by atoms with Crippen molar-refractivity contribution in [2.45, 2.75) is 26.4 Å². The van der Waals surface area contributed by atoms with Crippen molar-refractivity contribution in [2.24, 2.45) is 0 Å². The highest BCUT2D eigenvalue weighted by molar-refractivity contribution is 5.70. The van der Waals surface area contributed by atoms with E-state index in [1.807, 2.05) is 31.2 Å². The van der Waals surface area contributed by atoms with E-state index in [1.165, 1.54) is 0 Å². The van der Waals surface area contributed by atoms with Crippen LogP contribution in [-0.2, 0) is 24.3 Å². The summed E-state index contributed by atoms with van der Waals surface area (Å²) in [5.41, 5.74) is 1.80. The van der Waals surface area contributed by atoms with Crippen LogP contribution >= 0.6 is 0 Å². The van der Waals surface area contributed by atoms with Crippen LogP contribution in [0.1, 0.15) is 22.8 Å². The average molecular weight is 260 g/mol. The first kappa shape index (κ1) is 13.3. The second-order valence-electron chi connectivity index (χ2n) is 4.31. The van der Waals surface area contributed by atoms with E-state index in [0.717, 1.165) is 16.9 Å². The predicted molar refractivity (Wildman–Crippen MR) is 69.6 cm³/mol. The van der Waals surface area contributed by atoms with Gasteiger partial charge in [0.25, 0.3) is 0 Å². The normalized spacial score (nSPS) is 10.6. The third-order valence-corrected chi connectivity index (χ3v) is 2.72. The van der Waals surface area contributed by atoms with Crippen molar-refractivity contribution in [1.29, 1.82) is 0 Å². The van der Waals surface area contributed by atoms with Crippen LogP contribution in [0.5, 0.6) is 0 Å². The van der Waals surface area contributed by atoms with Crippen molar-refractivity contribution in [3.63, 3.8) is 0 Å². The molecule has 1 heterocycles. The minimum absolute atomic E-state index is 0.0377. The fourth-order valence-electron chi connectivity index (χ4n) is 1.85. The molecule has 1 aromatic carbocycles. The van der Waals surface area contributed by atoms with Crippen molar-refractivity contribution >= 4 is 5.97 Å². The van der Waals surface area contributed by atoms with Crippen LogP contribution in [0.25, 0.3) is 0 Å². The maximum atomic E-state index is 10.8. The van der Waals surface area contributed by atoms with Crippen LogP contribution in [0.3, 0.4) is 0 Å². The standard InChI is InChI=1S/C14H16N2O3/c1-10-7-16-13(19-10)9-15-8-12-5-3-2-4-11(12)6-14(17)18/h2-5,7,15H,6,8-9H2,1H3,(H,17,18). The minimum atomic E-state index is -0.823. The first-order valence-corrected chi connectivity index (χ1v) is 6.06. The van der Waals surface area contributed by atoms with Gasteiger partial charge in [0.1, 0.15) is 5.76 Å². The molecule has 0 saturated carbocycles. The van der Waals surface area contributed by atoms with Gasteiger partial charge in [0.15, 0.2) is 0 Å². The van der Waals surface area contributed by atoms with Crippen molar-refractivity contribution in [1.82, 2.24) is 10.3 Å². The number of carboxylic acid groups (broad SMARTS) is 1. The zero-order valence-electron chi connectivity index (χ0n) is 10.7. The molecule has 0 amide bonds. The lowest BCUT2D eigenvalue weighted by molar-refractivity contribution is -0.136. The van der Waals surface area contributed by atoms with E-state index in [0.29, 0.717) is 19.0 Å². The Morgan fingerprint density at radius 1 is 1.32 bits per heavy atom. The van der Waals surface area contributed by atoms with Gasteiger partial charge >= 0.3 is 5.97 Å². The maximum Gasteiger partial charge on any atom is 0.307 e. The van der Waals surface area contributed by atoms with Crippen molar-refractivity contribution in [2.75, 3.05) is 0 Å². The summed E-state index contributed by atoms with van der Waals surface area (Å²) < 4.78 is 5.35. The van der Waals surface area contributed by atoms with Gasteiger partial charge in [-0.3, -0.25) is 4.79 Å². The second-order valence-corrected chi connectivity index (χ2v) is 4.31. The zero-order valence-corrected chi connectivity index (χ0v) is 10.7. The highest BCUT2D eigenvalue weighted by Crippen LogP contribution is 2.10. The molecule has 0 bridgehead atoms.